The van der Waals surface area contributed by atoms with Crippen molar-refractivity contribution < 1.29 is 4.79 Å². The summed E-state index contributed by atoms with van der Waals surface area (Å²) >= 11 is 0. The molecule has 5 nitrogen and oxygen atoms in total. The van der Waals surface area contributed by atoms with Crippen LogP contribution in [-0.2, 0) is 11.2 Å². The summed E-state index contributed by atoms with van der Waals surface area (Å²) in [5, 5.41) is 9.75. The van der Waals surface area contributed by atoms with Crippen molar-refractivity contribution in [3.63, 3.8) is 0 Å². The molecule has 1 atom stereocenters. The van der Waals surface area contributed by atoms with Gasteiger partial charge in [0.05, 0.1) is 24.4 Å². The van der Waals surface area contributed by atoms with E-state index in [0.29, 0.717) is 12.3 Å². The monoisotopic (exact) mass is 348 g/mol. The van der Waals surface area contributed by atoms with Crippen molar-refractivity contribution in [1.29, 1.82) is 0 Å². The molecule has 1 amide bonds. The molecule has 26 heavy (non-hydrogen) atoms. The molecular weight excluding hydrogens is 324 g/mol. The van der Waals surface area contributed by atoms with Crippen LogP contribution in [0.25, 0.3) is 11.1 Å². The minimum Gasteiger partial charge on any atom is -0.348 e. The molecule has 0 fully saturated rings. The summed E-state index contributed by atoms with van der Waals surface area (Å²) in [6.07, 6.45) is 5.75. The summed E-state index contributed by atoms with van der Waals surface area (Å²) in [5.74, 6) is 0.490. The number of aromatic nitrogens is 3. The van der Waals surface area contributed by atoms with Crippen molar-refractivity contribution in [2.45, 2.75) is 39.2 Å². The SMILES string of the molecule is CC(C)c1ccc(CC(=O)N[C@H](C)c2ccc(-c3cn[nH]c3)cn2)cc1. The minimum absolute atomic E-state index is 0.00416. The third-order valence-electron chi connectivity index (χ3n) is 4.45. The van der Waals surface area contributed by atoms with Crippen molar-refractivity contribution in [3.8, 4) is 11.1 Å². The Morgan fingerprint density at radius 1 is 1.04 bits per heavy atom. The second kappa shape index (κ2) is 7.95. The van der Waals surface area contributed by atoms with Crippen LogP contribution in [0.15, 0.2) is 55.0 Å². The Labute approximate surface area is 153 Å². The van der Waals surface area contributed by atoms with Gasteiger partial charge in [-0.2, -0.15) is 5.10 Å². The van der Waals surface area contributed by atoms with Gasteiger partial charge in [-0.05, 0) is 30.0 Å². The molecule has 0 unspecified atom stereocenters. The summed E-state index contributed by atoms with van der Waals surface area (Å²) in [7, 11) is 0. The molecule has 0 aliphatic carbocycles. The van der Waals surface area contributed by atoms with Gasteiger partial charge in [-0.1, -0.05) is 44.2 Å². The third-order valence-corrected chi connectivity index (χ3v) is 4.45. The fourth-order valence-corrected chi connectivity index (χ4v) is 2.81. The van der Waals surface area contributed by atoms with Gasteiger partial charge < -0.3 is 5.32 Å². The highest BCUT2D eigenvalue weighted by molar-refractivity contribution is 5.79. The first-order valence-corrected chi connectivity index (χ1v) is 8.86. The summed E-state index contributed by atoms with van der Waals surface area (Å²) in [4.78, 5) is 16.8. The van der Waals surface area contributed by atoms with E-state index in [1.807, 2.05) is 37.4 Å². The van der Waals surface area contributed by atoms with Gasteiger partial charge in [0, 0.05) is 23.5 Å². The minimum atomic E-state index is -0.143. The zero-order valence-electron chi connectivity index (χ0n) is 15.4. The van der Waals surface area contributed by atoms with E-state index < -0.39 is 0 Å². The smallest absolute Gasteiger partial charge is 0.224 e. The molecule has 0 saturated carbocycles. The standard InChI is InChI=1S/C21H24N4O/c1-14(2)17-6-4-16(5-7-17)10-21(26)25-15(3)20-9-8-18(11-22-20)19-12-23-24-13-19/h4-9,11-15H,10H2,1-3H3,(H,23,24)(H,25,26)/t15-/m1/s1. The largest absolute Gasteiger partial charge is 0.348 e. The van der Waals surface area contributed by atoms with Crippen LogP contribution < -0.4 is 5.32 Å². The number of pyridine rings is 1. The lowest BCUT2D eigenvalue weighted by atomic mass is 10.0. The maximum Gasteiger partial charge on any atom is 0.224 e. The van der Waals surface area contributed by atoms with E-state index in [-0.39, 0.29) is 11.9 Å². The van der Waals surface area contributed by atoms with Crippen molar-refractivity contribution in [1.82, 2.24) is 20.5 Å². The highest BCUT2D eigenvalue weighted by atomic mass is 16.1. The van der Waals surface area contributed by atoms with Gasteiger partial charge in [-0.15, -0.1) is 0 Å². The zero-order valence-corrected chi connectivity index (χ0v) is 15.4. The maximum absolute atomic E-state index is 12.3. The summed E-state index contributed by atoms with van der Waals surface area (Å²) in [6.45, 7) is 6.27. The normalized spacial score (nSPS) is 12.2. The van der Waals surface area contributed by atoms with Gasteiger partial charge in [0.25, 0.3) is 0 Å². The maximum atomic E-state index is 12.3. The molecule has 2 aromatic heterocycles. The number of carbonyl (C=O) groups excluding carboxylic acids is 1. The molecule has 1 aromatic carbocycles. The molecule has 0 spiro atoms. The molecule has 0 aliphatic rings. The number of rotatable bonds is 6. The number of H-pyrrole nitrogens is 1. The topological polar surface area (TPSA) is 70.7 Å². The highest BCUT2D eigenvalue weighted by Gasteiger charge is 2.12. The number of benzene rings is 1. The number of carbonyl (C=O) groups is 1. The number of amides is 1. The Bertz CT molecular complexity index is 837. The molecule has 3 aromatic rings. The van der Waals surface area contributed by atoms with Crippen LogP contribution in [0.2, 0.25) is 0 Å². The molecule has 2 N–H and O–H groups in total. The average molecular weight is 348 g/mol. The van der Waals surface area contributed by atoms with Gasteiger partial charge in [0.15, 0.2) is 0 Å². The van der Waals surface area contributed by atoms with Crippen LogP contribution in [0.4, 0.5) is 0 Å². The molecular formula is C21H24N4O. The van der Waals surface area contributed by atoms with Crippen LogP contribution in [-0.4, -0.2) is 21.1 Å². The summed E-state index contributed by atoms with van der Waals surface area (Å²) in [6, 6.07) is 12.0. The number of nitrogens with zero attached hydrogens (tertiary/aromatic N) is 2. The van der Waals surface area contributed by atoms with E-state index in [0.717, 1.165) is 22.4 Å². The van der Waals surface area contributed by atoms with E-state index >= 15 is 0 Å². The number of hydrogen-bond donors (Lipinski definition) is 2. The van der Waals surface area contributed by atoms with Crippen LogP contribution >= 0.6 is 0 Å². The van der Waals surface area contributed by atoms with Crippen LogP contribution in [0.1, 0.15) is 49.6 Å². The summed E-state index contributed by atoms with van der Waals surface area (Å²) < 4.78 is 0. The lowest BCUT2D eigenvalue weighted by Crippen LogP contribution is -2.28. The molecule has 134 valence electrons. The first kappa shape index (κ1) is 17.9. The van der Waals surface area contributed by atoms with Crippen molar-refractivity contribution >= 4 is 5.91 Å². The van der Waals surface area contributed by atoms with E-state index in [1.54, 1.807) is 12.4 Å². The van der Waals surface area contributed by atoms with Gasteiger partial charge in [0.1, 0.15) is 0 Å². The van der Waals surface area contributed by atoms with Gasteiger partial charge >= 0.3 is 0 Å². The van der Waals surface area contributed by atoms with Crippen LogP contribution in [0.5, 0.6) is 0 Å². The second-order valence-corrected chi connectivity index (χ2v) is 6.82. The first-order valence-electron chi connectivity index (χ1n) is 8.86. The van der Waals surface area contributed by atoms with Crippen LogP contribution in [0.3, 0.4) is 0 Å². The van der Waals surface area contributed by atoms with Gasteiger partial charge in [-0.3, -0.25) is 14.9 Å². The van der Waals surface area contributed by atoms with Gasteiger partial charge in [-0.25, -0.2) is 0 Å². The Morgan fingerprint density at radius 3 is 2.38 bits per heavy atom. The molecule has 5 heteroatoms. The number of hydrogen-bond acceptors (Lipinski definition) is 3. The fraction of sp³-hybridized carbons (Fsp3) is 0.286. The van der Waals surface area contributed by atoms with Crippen molar-refractivity contribution in [2.75, 3.05) is 0 Å². The van der Waals surface area contributed by atoms with E-state index in [4.69, 9.17) is 0 Å². The Balaban J connectivity index is 1.58. The van der Waals surface area contributed by atoms with E-state index in [2.05, 4.69) is 46.5 Å². The van der Waals surface area contributed by atoms with Crippen molar-refractivity contribution in [3.05, 3.63) is 71.8 Å². The van der Waals surface area contributed by atoms with E-state index in [9.17, 15) is 4.79 Å². The van der Waals surface area contributed by atoms with E-state index in [1.165, 1.54) is 5.56 Å². The molecule has 0 radical (unpaired) electrons. The Morgan fingerprint density at radius 2 is 1.81 bits per heavy atom. The fourth-order valence-electron chi connectivity index (χ4n) is 2.81. The first-order chi connectivity index (χ1) is 12.5. The van der Waals surface area contributed by atoms with Crippen LogP contribution in [0, 0.1) is 0 Å². The molecule has 3 rings (SSSR count). The molecule has 2 heterocycles. The number of nitrogens with one attached hydrogen (secondary N) is 2. The second-order valence-electron chi connectivity index (χ2n) is 6.82. The zero-order chi connectivity index (χ0) is 18.5. The quantitative estimate of drug-likeness (QED) is 0.707. The summed E-state index contributed by atoms with van der Waals surface area (Å²) in [5.41, 5.74) is 5.12. The van der Waals surface area contributed by atoms with Crippen molar-refractivity contribution in [2.24, 2.45) is 0 Å². The predicted octanol–water partition coefficient (Wildman–Crippen LogP) is 4.02. The number of aromatic amines is 1. The molecule has 0 bridgehead atoms. The highest BCUT2D eigenvalue weighted by Crippen LogP contribution is 2.19. The molecule has 0 aliphatic heterocycles. The van der Waals surface area contributed by atoms with Gasteiger partial charge in [0.2, 0.25) is 5.91 Å². The third kappa shape index (κ3) is 4.36. The lowest BCUT2D eigenvalue weighted by molar-refractivity contribution is -0.121. The average Bonchev–Trinajstić information content (AvgIpc) is 3.17. The molecule has 0 saturated heterocycles. The lowest BCUT2D eigenvalue weighted by Gasteiger charge is -2.14. The Kier molecular flexibility index (Phi) is 5.46. The predicted molar refractivity (Wildman–Crippen MR) is 103 cm³/mol. The Hall–Kier alpha value is -2.95.